The molecule has 82 valence electrons. The van der Waals surface area contributed by atoms with Crippen LogP contribution in [0.1, 0.15) is 23.4 Å². The molecule has 0 bridgehead atoms. The summed E-state index contributed by atoms with van der Waals surface area (Å²) in [5.41, 5.74) is 3.36. The van der Waals surface area contributed by atoms with Gasteiger partial charge in [-0.05, 0) is 44.5 Å². The summed E-state index contributed by atoms with van der Waals surface area (Å²) in [6.45, 7) is 6.82. The molecule has 0 saturated carbocycles. The zero-order valence-electron chi connectivity index (χ0n) is 9.42. The second kappa shape index (κ2) is 4.73. The van der Waals surface area contributed by atoms with Gasteiger partial charge < -0.3 is 10.1 Å². The van der Waals surface area contributed by atoms with Crippen molar-refractivity contribution in [2.45, 2.75) is 33.0 Å². The fourth-order valence-corrected chi connectivity index (χ4v) is 1.99. The molecule has 0 amide bonds. The third kappa shape index (κ3) is 3.01. The highest BCUT2D eigenvalue weighted by atomic mass is 16.5. The number of aryl methyl sites for hydroxylation is 2. The van der Waals surface area contributed by atoms with E-state index in [9.17, 15) is 0 Å². The van der Waals surface area contributed by atoms with Crippen LogP contribution < -0.4 is 5.32 Å². The molecule has 1 aliphatic heterocycles. The van der Waals surface area contributed by atoms with Crippen molar-refractivity contribution in [2.75, 3.05) is 13.1 Å². The molecule has 1 fully saturated rings. The molecule has 0 unspecified atom stereocenters. The SMILES string of the molecule is Cc1cc(CO[C@@H]2CCNC2)cc(C)n1. The molecule has 1 aliphatic rings. The van der Waals surface area contributed by atoms with Crippen LogP contribution in [0.25, 0.3) is 0 Å². The Labute approximate surface area is 90.9 Å². The maximum absolute atomic E-state index is 5.81. The van der Waals surface area contributed by atoms with E-state index in [1.807, 2.05) is 13.8 Å². The van der Waals surface area contributed by atoms with Crippen LogP contribution in [0.15, 0.2) is 12.1 Å². The normalized spacial score (nSPS) is 20.8. The van der Waals surface area contributed by atoms with Crippen LogP contribution in [0.5, 0.6) is 0 Å². The fourth-order valence-electron chi connectivity index (χ4n) is 1.99. The second-order valence-electron chi connectivity index (χ2n) is 4.18. The second-order valence-corrected chi connectivity index (χ2v) is 4.18. The first-order valence-corrected chi connectivity index (χ1v) is 5.50. The van der Waals surface area contributed by atoms with Crippen LogP contribution in [0.3, 0.4) is 0 Å². The molecule has 3 nitrogen and oxygen atoms in total. The molecule has 1 aromatic heterocycles. The minimum absolute atomic E-state index is 0.388. The first-order chi connectivity index (χ1) is 7.24. The summed E-state index contributed by atoms with van der Waals surface area (Å²) < 4.78 is 5.81. The van der Waals surface area contributed by atoms with Crippen LogP contribution in [-0.2, 0) is 11.3 Å². The maximum atomic E-state index is 5.81. The predicted molar refractivity (Wildman–Crippen MR) is 59.8 cm³/mol. The Balaban J connectivity index is 1.92. The van der Waals surface area contributed by atoms with Crippen molar-refractivity contribution in [3.05, 3.63) is 29.1 Å². The van der Waals surface area contributed by atoms with Crippen LogP contribution in [0.2, 0.25) is 0 Å². The largest absolute Gasteiger partial charge is 0.372 e. The van der Waals surface area contributed by atoms with Gasteiger partial charge >= 0.3 is 0 Å². The van der Waals surface area contributed by atoms with E-state index in [4.69, 9.17) is 4.74 Å². The van der Waals surface area contributed by atoms with Crippen molar-refractivity contribution >= 4 is 0 Å². The van der Waals surface area contributed by atoms with Gasteiger partial charge in [-0.1, -0.05) is 0 Å². The molecule has 0 aromatic carbocycles. The van der Waals surface area contributed by atoms with Crippen molar-refractivity contribution in [1.29, 1.82) is 0 Å². The predicted octanol–water partition coefficient (Wildman–Crippen LogP) is 1.58. The summed E-state index contributed by atoms with van der Waals surface area (Å²) in [6, 6.07) is 4.19. The van der Waals surface area contributed by atoms with Gasteiger partial charge in [-0.25, -0.2) is 0 Å². The minimum Gasteiger partial charge on any atom is -0.372 e. The molecule has 2 heterocycles. The lowest BCUT2D eigenvalue weighted by molar-refractivity contribution is 0.0541. The van der Waals surface area contributed by atoms with Gasteiger partial charge in [-0.3, -0.25) is 4.98 Å². The Bertz CT molecular complexity index is 312. The summed E-state index contributed by atoms with van der Waals surface area (Å²) in [6.07, 6.45) is 1.52. The smallest absolute Gasteiger partial charge is 0.0722 e. The van der Waals surface area contributed by atoms with E-state index in [0.717, 1.165) is 30.9 Å². The highest BCUT2D eigenvalue weighted by molar-refractivity contribution is 5.19. The zero-order chi connectivity index (χ0) is 10.7. The van der Waals surface area contributed by atoms with E-state index in [1.165, 1.54) is 5.56 Å². The van der Waals surface area contributed by atoms with Crippen molar-refractivity contribution in [2.24, 2.45) is 0 Å². The van der Waals surface area contributed by atoms with Crippen molar-refractivity contribution in [3.63, 3.8) is 0 Å². The molecule has 1 saturated heterocycles. The fraction of sp³-hybridized carbons (Fsp3) is 0.583. The molecule has 2 rings (SSSR count). The van der Waals surface area contributed by atoms with Gasteiger partial charge in [0, 0.05) is 17.9 Å². The molecule has 1 N–H and O–H groups in total. The van der Waals surface area contributed by atoms with Crippen LogP contribution in [-0.4, -0.2) is 24.2 Å². The molecular formula is C12H18N2O. The van der Waals surface area contributed by atoms with Gasteiger partial charge in [0.1, 0.15) is 0 Å². The molecule has 0 radical (unpaired) electrons. The van der Waals surface area contributed by atoms with Gasteiger partial charge in [0.2, 0.25) is 0 Å². The number of hydrogen-bond donors (Lipinski definition) is 1. The molecular weight excluding hydrogens is 188 g/mol. The monoisotopic (exact) mass is 206 g/mol. The lowest BCUT2D eigenvalue weighted by Crippen LogP contribution is -2.16. The van der Waals surface area contributed by atoms with Crippen molar-refractivity contribution in [1.82, 2.24) is 10.3 Å². The Morgan fingerprint density at radius 1 is 1.40 bits per heavy atom. The number of pyridine rings is 1. The highest BCUT2D eigenvalue weighted by Crippen LogP contribution is 2.10. The number of ether oxygens (including phenoxy) is 1. The van der Waals surface area contributed by atoms with Gasteiger partial charge in [0.25, 0.3) is 0 Å². The summed E-state index contributed by atoms with van der Waals surface area (Å²) in [4.78, 5) is 4.35. The van der Waals surface area contributed by atoms with Gasteiger partial charge in [0.15, 0.2) is 0 Å². The lowest BCUT2D eigenvalue weighted by atomic mass is 10.2. The van der Waals surface area contributed by atoms with Gasteiger partial charge in [-0.2, -0.15) is 0 Å². The van der Waals surface area contributed by atoms with E-state index >= 15 is 0 Å². The summed E-state index contributed by atoms with van der Waals surface area (Å²) >= 11 is 0. The van der Waals surface area contributed by atoms with E-state index < -0.39 is 0 Å². The van der Waals surface area contributed by atoms with E-state index in [-0.39, 0.29) is 0 Å². The van der Waals surface area contributed by atoms with Crippen LogP contribution >= 0.6 is 0 Å². The third-order valence-electron chi connectivity index (χ3n) is 2.64. The molecule has 0 aliphatic carbocycles. The summed E-state index contributed by atoms with van der Waals surface area (Å²) in [5, 5.41) is 3.29. The van der Waals surface area contributed by atoms with Crippen molar-refractivity contribution < 1.29 is 4.74 Å². The standard InChI is InChI=1S/C12H18N2O/c1-9-5-11(6-10(2)14-9)8-15-12-3-4-13-7-12/h5-6,12-13H,3-4,7-8H2,1-2H3/t12-/m1/s1. The molecule has 15 heavy (non-hydrogen) atoms. The van der Waals surface area contributed by atoms with Gasteiger partial charge in [0.05, 0.1) is 12.7 Å². The number of rotatable bonds is 3. The average molecular weight is 206 g/mol. The molecule has 3 heteroatoms. The Hall–Kier alpha value is -0.930. The van der Waals surface area contributed by atoms with E-state index in [2.05, 4.69) is 22.4 Å². The Morgan fingerprint density at radius 3 is 2.73 bits per heavy atom. The van der Waals surface area contributed by atoms with E-state index in [1.54, 1.807) is 0 Å². The van der Waals surface area contributed by atoms with Crippen molar-refractivity contribution in [3.8, 4) is 0 Å². The highest BCUT2D eigenvalue weighted by Gasteiger charge is 2.14. The summed E-state index contributed by atoms with van der Waals surface area (Å²) in [7, 11) is 0. The lowest BCUT2D eigenvalue weighted by Gasteiger charge is -2.11. The third-order valence-corrected chi connectivity index (χ3v) is 2.64. The number of hydrogen-bond acceptors (Lipinski definition) is 3. The average Bonchev–Trinajstić information content (AvgIpc) is 2.65. The first kappa shape index (κ1) is 10.6. The minimum atomic E-state index is 0.388. The zero-order valence-corrected chi connectivity index (χ0v) is 9.42. The number of nitrogens with zero attached hydrogens (tertiary/aromatic N) is 1. The Morgan fingerprint density at radius 2 is 2.13 bits per heavy atom. The first-order valence-electron chi connectivity index (χ1n) is 5.50. The quantitative estimate of drug-likeness (QED) is 0.815. The summed E-state index contributed by atoms with van der Waals surface area (Å²) in [5.74, 6) is 0. The molecule has 1 atom stereocenters. The number of nitrogens with one attached hydrogen (secondary N) is 1. The molecule has 0 spiro atoms. The molecule has 1 aromatic rings. The van der Waals surface area contributed by atoms with Gasteiger partial charge in [-0.15, -0.1) is 0 Å². The Kier molecular flexibility index (Phi) is 3.34. The maximum Gasteiger partial charge on any atom is 0.0722 e. The van der Waals surface area contributed by atoms with E-state index in [0.29, 0.717) is 12.7 Å². The van der Waals surface area contributed by atoms with Crippen LogP contribution in [0, 0.1) is 13.8 Å². The van der Waals surface area contributed by atoms with Crippen LogP contribution in [0.4, 0.5) is 0 Å². The number of aromatic nitrogens is 1. The topological polar surface area (TPSA) is 34.1 Å².